The van der Waals surface area contributed by atoms with Crippen LogP contribution in [0.3, 0.4) is 0 Å². The number of thioether (sulfide) groups is 1. The zero-order valence-corrected chi connectivity index (χ0v) is 16.4. The highest BCUT2D eigenvalue weighted by atomic mass is 32.2. The molecule has 0 saturated heterocycles. The van der Waals surface area contributed by atoms with Gasteiger partial charge in [0.1, 0.15) is 0 Å². The van der Waals surface area contributed by atoms with E-state index in [0.717, 1.165) is 17.7 Å². The fraction of sp³-hybridized carbons (Fsp3) is 0.364. The van der Waals surface area contributed by atoms with Crippen LogP contribution in [-0.2, 0) is 27.2 Å². The van der Waals surface area contributed by atoms with Crippen molar-refractivity contribution in [2.75, 3.05) is 18.9 Å². The molecule has 0 fully saturated rings. The number of hydrogen-bond donors (Lipinski definition) is 1. The summed E-state index contributed by atoms with van der Waals surface area (Å²) >= 11 is 1.46. The van der Waals surface area contributed by atoms with Gasteiger partial charge in [0.25, 0.3) is 5.91 Å². The quantitative estimate of drug-likeness (QED) is 0.557. The van der Waals surface area contributed by atoms with E-state index in [2.05, 4.69) is 30.4 Å². The summed E-state index contributed by atoms with van der Waals surface area (Å²) in [7, 11) is 0. The Balaban J connectivity index is 1.34. The van der Waals surface area contributed by atoms with Crippen LogP contribution in [0.1, 0.15) is 36.0 Å². The second-order valence-corrected chi connectivity index (χ2v) is 7.90. The molecule has 1 aliphatic carbocycles. The Hall–Kier alpha value is -2.27. The van der Waals surface area contributed by atoms with Crippen molar-refractivity contribution in [3.8, 4) is 0 Å². The molecule has 5 heteroatoms. The van der Waals surface area contributed by atoms with Crippen molar-refractivity contribution in [2.24, 2.45) is 0 Å². The minimum atomic E-state index is -0.369. The molecule has 0 aliphatic heterocycles. The molecule has 2 aromatic rings. The first kappa shape index (κ1) is 19.5. The highest BCUT2D eigenvalue weighted by Gasteiger charge is 2.13. The van der Waals surface area contributed by atoms with E-state index in [4.69, 9.17) is 4.74 Å². The Bertz CT molecular complexity index is 791. The first-order valence-electron chi connectivity index (χ1n) is 9.33. The van der Waals surface area contributed by atoms with E-state index < -0.39 is 0 Å². The second-order valence-electron chi connectivity index (χ2n) is 6.85. The average Bonchev–Trinajstić information content (AvgIpc) is 3.17. The number of carbonyl (C=O) groups excluding carboxylic acids is 2. The van der Waals surface area contributed by atoms with Crippen LogP contribution in [0.2, 0.25) is 0 Å². The molecule has 1 N–H and O–H groups in total. The zero-order chi connectivity index (χ0) is 19.1. The standard InChI is InChI=1S/C22H25NO3S/c1-16(17-6-3-2-4-7-17)13-23-21(24)14-26-22(25)15-27-20-11-10-18-8-5-9-19(18)12-20/h2-4,6-7,10-12,16H,5,8-9,13-15H2,1H3,(H,23,24)/t16-/m0/s1. The summed E-state index contributed by atoms with van der Waals surface area (Å²) in [5.41, 5.74) is 3.98. The minimum absolute atomic E-state index is 0.209. The molecule has 4 nitrogen and oxygen atoms in total. The van der Waals surface area contributed by atoms with Crippen molar-refractivity contribution in [3.05, 3.63) is 65.2 Å². The van der Waals surface area contributed by atoms with E-state index in [9.17, 15) is 9.59 Å². The third-order valence-electron chi connectivity index (χ3n) is 4.76. The van der Waals surface area contributed by atoms with Crippen LogP contribution >= 0.6 is 11.8 Å². The van der Waals surface area contributed by atoms with Gasteiger partial charge < -0.3 is 10.1 Å². The average molecular weight is 384 g/mol. The number of hydrogen-bond acceptors (Lipinski definition) is 4. The molecular weight excluding hydrogens is 358 g/mol. The highest BCUT2D eigenvalue weighted by molar-refractivity contribution is 8.00. The number of aryl methyl sites for hydroxylation is 2. The Kier molecular flexibility index (Phi) is 6.93. The maximum Gasteiger partial charge on any atom is 0.316 e. The minimum Gasteiger partial charge on any atom is -0.455 e. The predicted octanol–water partition coefficient (Wildman–Crippen LogP) is 3.73. The van der Waals surface area contributed by atoms with Crippen molar-refractivity contribution in [1.82, 2.24) is 5.32 Å². The summed E-state index contributed by atoms with van der Waals surface area (Å²) in [5.74, 6) is -0.214. The van der Waals surface area contributed by atoms with Crippen LogP contribution in [0.5, 0.6) is 0 Å². The number of carbonyl (C=O) groups is 2. The highest BCUT2D eigenvalue weighted by Crippen LogP contribution is 2.27. The van der Waals surface area contributed by atoms with Crippen molar-refractivity contribution < 1.29 is 14.3 Å². The van der Waals surface area contributed by atoms with Gasteiger partial charge in [0, 0.05) is 11.4 Å². The SMILES string of the molecule is C[C@@H](CNC(=O)COC(=O)CSc1ccc2c(c1)CCC2)c1ccccc1. The summed E-state index contributed by atoms with van der Waals surface area (Å²) in [4.78, 5) is 24.9. The van der Waals surface area contributed by atoms with Crippen LogP contribution in [-0.4, -0.2) is 30.8 Å². The maximum absolute atomic E-state index is 11.9. The lowest BCUT2D eigenvalue weighted by atomic mass is 10.0. The van der Waals surface area contributed by atoms with Crippen LogP contribution in [0, 0.1) is 0 Å². The van der Waals surface area contributed by atoms with Crippen molar-refractivity contribution in [1.29, 1.82) is 0 Å². The molecule has 1 aliphatic rings. The molecule has 0 heterocycles. The number of nitrogens with one attached hydrogen (secondary N) is 1. The maximum atomic E-state index is 11.9. The number of ether oxygens (including phenoxy) is 1. The molecule has 0 saturated carbocycles. The summed E-state index contributed by atoms with van der Waals surface area (Å²) in [5, 5.41) is 2.82. The lowest BCUT2D eigenvalue weighted by molar-refractivity contribution is -0.145. The van der Waals surface area contributed by atoms with Gasteiger partial charge in [-0.25, -0.2) is 0 Å². The van der Waals surface area contributed by atoms with E-state index in [-0.39, 0.29) is 30.2 Å². The fourth-order valence-electron chi connectivity index (χ4n) is 3.19. The van der Waals surface area contributed by atoms with Gasteiger partial charge in [-0.2, -0.15) is 0 Å². The summed E-state index contributed by atoms with van der Waals surface area (Å²) < 4.78 is 5.08. The predicted molar refractivity (Wildman–Crippen MR) is 108 cm³/mol. The summed E-state index contributed by atoms with van der Waals surface area (Å²) in [6, 6.07) is 16.4. The third-order valence-corrected chi connectivity index (χ3v) is 5.73. The van der Waals surface area contributed by atoms with Crippen molar-refractivity contribution >= 4 is 23.6 Å². The zero-order valence-electron chi connectivity index (χ0n) is 15.6. The second kappa shape index (κ2) is 9.60. The Morgan fingerprint density at radius 2 is 1.89 bits per heavy atom. The number of esters is 1. The first-order chi connectivity index (χ1) is 13.1. The molecule has 2 aromatic carbocycles. The number of amides is 1. The number of fused-ring (bicyclic) bond motifs is 1. The molecule has 0 spiro atoms. The van der Waals surface area contributed by atoms with Crippen LogP contribution in [0.15, 0.2) is 53.4 Å². The van der Waals surface area contributed by atoms with Gasteiger partial charge in [-0.1, -0.05) is 43.3 Å². The first-order valence-corrected chi connectivity index (χ1v) is 10.3. The molecule has 142 valence electrons. The number of rotatable bonds is 8. The van der Waals surface area contributed by atoms with Gasteiger partial charge >= 0.3 is 5.97 Å². The normalized spacial score (nSPS) is 13.7. The van der Waals surface area contributed by atoms with Crippen LogP contribution < -0.4 is 5.32 Å². The topological polar surface area (TPSA) is 55.4 Å². The van der Waals surface area contributed by atoms with Gasteiger partial charge in [0.15, 0.2) is 6.61 Å². The summed E-state index contributed by atoms with van der Waals surface area (Å²) in [6.45, 7) is 2.34. The van der Waals surface area contributed by atoms with Gasteiger partial charge in [0.2, 0.25) is 0 Å². The van der Waals surface area contributed by atoms with E-state index >= 15 is 0 Å². The van der Waals surface area contributed by atoms with Crippen molar-refractivity contribution in [2.45, 2.75) is 37.0 Å². The Labute approximate surface area is 164 Å². The van der Waals surface area contributed by atoms with Crippen LogP contribution in [0.25, 0.3) is 0 Å². The summed E-state index contributed by atoms with van der Waals surface area (Å²) in [6.07, 6.45) is 3.49. The van der Waals surface area contributed by atoms with E-state index in [1.165, 1.54) is 34.9 Å². The Morgan fingerprint density at radius 1 is 1.11 bits per heavy atom. The van der Waals surface area contributed by atoms with Gasteiger partial charge in [-0.05, 0) is 54.0 Å². The molecule has 1 amide bonds. The molecular formula is C22H25NO3S. The van der Waals surface area contributed by atoms with Crippen LogP contribution in [0.4, 0.5) is 0 Å². The molecule has 27 heavy (non-hydrogen) atoms. The van der Waals surface area contributed by atoms with Crippen molar-refractivity contribution in [3.63, 3.8) is 0 Å². The van der Waals surface area contributed by atoms with E-state index in [1.807, 2.05) is 30.3 Å². The molecule has 0 radical (unpaired) electrons. The third kappa shape index (κ3) is 5.86. The fourth-order valence-corrected chi connectivity index (χ4v) is 3.94. The molecule has 0 aromatic heterocycles. The van der Waals surface area contributed by atoms with Gasteiger partial charge in [-0.15, -0.1) is 11.8 Å². The largest absolute Gasteiger partial charge is 0.455 e. The molecule has 3 rings (SSSR count). The monoisotopic (exact) mass is 383 g/mol. The smallest absolute Gasteiger partial charge is 0.316 e. The molecule has 1 atom stereocenters. The van der Waals surface area contributed by atoms with E-state index in [0.29, 0.717) is 6.54 Å². The Morgan fingerprint density at radius 3 is 2.70 bits per heavy atom. The molecule has 0 bridgehead atoms. The lowest BCUT2D eigenvalue weighted by Crippen LogP contribution is -2.31. The lowest BCUT2D eigenvalue weighted by Gasteiger charge is -2.13. The van der Waals surface area contributed by atoms with E-state index in [1.54, 1.807) is 0 Å². The number of benzene rings is 2. The van der Waals surface area contributed by atoms with Gasteiger partial charge in [0.05, 0.1) is 5.75 Å². The molecule has 0 unspecified atom stereocenters. The van der Waals surface area contributed by atoms with Gasteiger partial charge in [-0.3, -0.25) is 9.59 Å².